The molecule has 4 heteroatoms. The van der Waals surface area contributed by atoms with Gasteiger partial charge < -0.3 is 10.6 Å². The van der Waals surface area contributed by atoms with Crippen LogP contribution >= 0.6 is 0 Å². The van der Waals surface area contributed by atoms with Crippen LogP contribution in [0.5, 0.6) is 0 Å². The van der Waals surface area contributed by atoms with Crippen molar-refractivity contribution in [3.05, 3.63) is 41.8 Å². The molecule has 2 N–H and O–H groups in total. The number of likely N-dealkylation sites (tertiary alicyclic amines) is 1. The van der Waals surface area contributed by atoms with E-state index in [1.54, 1.807) is 12.1 Å². The second-order valence-corrected chi connectivity index (χ2v) is 6.97. The van der Waals surface area contributed by atoms with Crippen molar-refractivity contribution in [1.29, 1.82) is 0 Å². The normalized spacial score (nSPS) is 22.1. The van der Waals surface area contributed by atoms with E-state index in [1.807, 2.05) is 6.20 Å². The molecule has 1 saturated carbocycles. The molecule has 0 radical (unpaired) electrons. The number of hydrogen-bond acceptors (Lipinski definition) is 3. The van der Waals surface area contributed by atoms with Gasteiger partial charge in [-0.2, -0.15) is 0 Å². The number of fused-ring (bicyclic) bond motifs is 1. The lowest BCUT2D eigenvalue weighted by molar-refractivity contribution is 0.196. The molecule has 2 heterocycles. The molecule has 0 bridgehead atoms. The molecule has 0 unspecified atom stereocenters. The fourth-order valence-corrected chi connectivity index (χ4v) is 3.66. The van der Waals surface area contributed by atoms with Crippen LogP contribution < -0.4 is 5.73 Å². The van der Waals surface area contributed by atoms with E-state index in [1.165, 1.54) is 24.5 Å². The van der Waals surface area contributed by atoms with Gasteiger partial charge in [-0.25, -0.2) is 4.39 Å². The maximum atomic E-state index is 13.6. The first kappa shape index (κ1) is 14.1. The summed E-state index contributed by atoms with van der Waals surface area (Å²) in [6.45, 7) is 3.21. The van der Waals surface area contributed by atoms with E-state index in [-0.39, 0.29) is 11.4 Å². The number of nitrogens with two attached hydrogens (primary N) is 1. The van der Waals surface area contributed by atoms with Crippen molar-refractivity contribution in [2.24, 2.45) is 5.73 Å². The lowest BCUT2D eigenvalue weighted by Crippen LogP contribution is -2.43. The Balaban J connectivity index is 1.52. The van der Waals surface area contributed by atoms with Crippen LogP contribution in [0.3, 0.4) is 0 Å². The number of aromatic nitrogens is 1. The Kier molecular flexibility index (Phi) is 3.39. The van der Waals surface area contributed by atoms with Crippen molar-refractivity contribution in [3.63, 3.8) is 0 Å². The molecule has 0 spiro atoms. The molecular weight excluding hydrogens is 277 g/mol. The van der Waals surface area contributed by atoms with Crippen molar-refractivity contribution in [2.45, 2.75) is 37.1 Å². The summed E-state index contributed by atoms with van der Waals surface area (Å²) in [5.74, 6) is 0.314. The Bertz CT molecular complexity index is 688. The van der Waals surface area contributed by atoms with Gasteiger partial charge >= 0.3 is 0 Å². The predicted molar refractivity (Wildman–Crippen MR) is 86.3 cm³/mol. The zero-order valence-electron chi connectivity index (χ0n) is 12.8. The van der Waals surface area contributed by atoms with Gasteiger partial charge in [0.15, 0.2) is 0 Å². The molecule has 0 atom stereocenters. The summed E-state index contributed by atoms with van der Waals surface area (Å²) in [7, 11) is 0. The zero-order chi connectivity index (χ0) is 15.2. The van der Waals surface area contributed by atoms with Crippen LogP contribution in [0, 0.1) is 5.82 Å². The first-order valence-corrected chi connectivity index (χ1v) is 8.18. The molecular formula is C18H22FN3. The minimum absolute atomic E-state index is 0.0966. The van der Waals surface area contributed by atoms with Crippen LogP contribution in [0.4, 0.5) is 4.39 Å². The molecule has 2 fully saturated rings. The number of hydrogen-bond donors (Lipinski definition) is 1. The molecule has 4 rings (SSSR count). The minimum atomic E-state index is -0.182. The fraction of sp³-hybridized carbons (Fsp3) is 0.500. The van der Waals surface area contributed by atoms with Gasteiger partial charge in [-0.3, -0.25) is 4.98 Å². The molecule has 1 aliphatic heterocycles. The Hall–Kier alpha value is -1.52. The van der Waals surface area contributed by atoms with E-state index in [4.69, 9.17) is 5.73 Å². The second kappa shape index (κ2) is 5.28. The summed E-state index contributed by atoms with van der Waals surface area (Å²) in [5, 5.41) is 0.971. The molecule has 2 aromatic rings. The Morgan fingerprint density at radius 1 is 1.23 bits per heavy atom. The van der Waals surface area contributed by atoms with Gasteiger partial charge in [0.05, 0.1) is 5.52 Å². The summed E-state index contributed by atoms with van der Waals surface area (Å²) < 4.78 is 13.6. The summed E-state index contributed by atoms with van der Waals surface area (Å²) in [6, 6.07) is 6.95. The lowest BCUT2D eigenvalue weighted by atomic mass is 9.87. The maximum absolute atomic E-state index is 13.6. The van der Waals surface area contributed by atoms with E-state index in [0.717, 1.165) is 43.4 Å². The molecule has 2 aliphatic rings. The predicted octanol–water partition coefficient (Wildman–Crippen LogP) is 3.04. The van der Waals surface area contributed by atoms with Gasteiger partial charge in [-0.05, 0) is 74.5 Å². The number of pyridine rings is 1. The lowest BCUT2D eigenvalue weighted by Gasteiger charge is -2.34. The largest absolute Gasteiger partial charge is 0.324 e. The fourth-order valence-electron chi connectivity index (χ4n) is 3.66. The smallest absolute Gasteiger partial charge is 0.123 e. The van der Waals surface area contributed by atoms with Crippen molar-refractivity contribution < 1.29 is 4.39 Å². The summed E-state index contributed by atoms with van der Waals surface area (Å²) in [4.78, 5) is 6.85. The number of benzene rings is 1. The van der Waals surface area contributed by atoms with Gasteiger partial charge in [-0.15, -0.1) is 0 Å². The highest BCUT2D eigenvalue weighted by Gasteiger charge is 2.40. The van der Waals surface area contributed by atoms with Crippen molar-refractivity contribution in [3.8, 4) is 0 Å². The van der Waals surface area contributed by atoms with E-state index < -0.39 is 0 Å². The number of nitrogens with zero attached hydrogens (tertiary/aromatic N) is 2. The van der Waals surface area contributed by atoms with Gasteiger partial charge in [0.25, 0.3) is 0 Å². The third-order valence-corrected chi connectivity index (χ3v) is 5.20. The van der Waals surface area contributed by atoms with E-state index >= 15 is 0 Å². The van der Waals surface area contributed by atoms with Gasteiger partial charge in [0.1, 0.15) is 5.82 Å². The van der Waals surface area contributed by atoms with Crippen LogP contribution in [0.1, 0.15) is 37.2 Å². The van der Waals surface area contributed by atoms with Gasteiger partial charge in [0.2, 0.25) is 0 Å². The molecule has 1 aromatic heterocycles. The minimum Gasteiger partial charge on any atom is -0.324 e. The van der Waals surface area contributed by atoms with Crippen LogP contribution in [-0.2, 0) is 0 Å². The molecule has 0 amide bonds. The first-order valence-electron chi connectivity index (χ1n) is 8.18. The SMILES string of the molecule is NC1(CN2CCC(c3ccnc4ccc(F)cc34)CC2)CC1. The highest BCUT2D eigenvalue weighted by molar-refractivity contribution is 5.82. The van der Waals surface area contributed by atoms with Crippen molar-refractivity contribution >= 4 is 10.9 Å². The Labute approximate surface area is 130 Å². The number of halogens is 1. The van der Waals surface area contributed by atoms with Crippen LogP contribution in [0.15, 0.2) is 30.5 Å². The quantitative estimate of drug-likeness (QED) is 0.947. The van der Waals surface area contributed by atoms with Gasteiger partial charge in [0, 0.05) is 23.7 Å². The van der Waals surface area contributed by atoms with E-state index in [2.05, 4.69) is 16.0 Å². The van der Waals surface area contributed by atoms with Crippen LogP contribution in [0.25, 0.3) is 10.9 Å². The third kappa shape index (κ3) is 2.73. The summed E-state index contributed by atoms with van der Waals surface area (Å²) >= 11 is 0. The average molecular weight is 299 g/mol. The summed E-state index contributed by atoms with van der Waals surface area (Å²) in [6.07, 6.45) is 6.42. The highest BCUT2D eigenvalue weighted by Crippen LogP contribution is 2.36. The van der Waals surface area contributed by atoms with E-state index in [0.29, 0.717) is 5.92 Å². The van der Waals surface area contributed by atoms with E-state index in [9.17, 15) is 4.39 Å². The molecule has 116 valence electrons. The highest BCUT2D eigenvalue weighted by atomic mass is 19.1. The van der Waals surface area contributed by atoms with Crippen LogP contribution in [0.2, 0.25) is 0 Å². The standard InChI is InChI=1S/C18H22FN3/c19-14-1-2-17-16(11-14)15(3-8-21-17)13-4-9-22(10-5-13)12-18(20)6-7-18/h1-3,8,11,13H,4-7,9-10,12,20H2. The summed E-state index contributed by atoms with van der Waals surface area (Å²) in [5.41, 5.74) is 8.46. The second-order valence-electron chi connectivity index (χ2n) is 6.97. The molecule has 3 nitrogen and oxygen atoms in total. The zero-order valence-corrected chi connectivity index (χ0v) is 12.8. The Morgan fingerprint density at radius 2 is 2.00 bits per heavy atom. The van der Waals surface area contributed by atoms with Gasteiger partial charge in [-0.1, -0.05) is 0 Å². The third-order valence-electron chi connectivity index (χ3n) is 5.20. The molecule has 1 saturated heterocycles. The van der Waals surface area contributed by atoms with Crippen molar-refractivity contribution in [1.82, 2.24) is 9.88 Å². The first-order chi connectivity index (χ1) is 10.6. The number of rotatable bonds is 3. The topological polar surface area (TPSA) is 42.1 Å². The molecule has 22 heavy (non-hydrogen) atoms. The monoisotopic (exact) mass is 299 g/mol. The average Bonchev–Trinajstić information content (AvgIpc) is 3.24. The Morgan fingerprint density at radius 3 is 2.73 bits per heavy atom. The maximum Gasteiger partial charge on any atom is 0.123 e. The van der Waals surface area contributed by atoms with Crippen LogP contribution in [-0.4, -0.2) is 35.1 Å². The molecule has 1 aromatic carbocycles. The van der Waals surface area contributed by atoms with Crippen molar-refractivity contribution in [2.75, 3.05) is 19.6 Å². The molecule has 1 aliphatic carbocycles. The number of piperidine rings is 1.